The third-order valence-corrected chi connectivity index (χ3v) is 6.13. The summed E-state index contributed by atoms with van der Waals surface area (Å²) in [6.07, 6.45) is 6.16. The van der Waals surface area contributed by atoms with Crippen molar-refractivity contribution in [2.75, 3.05) is 13.2 Å². The molecule has 3 heterocycles. The molecule has 0 bridgehead atoms. The molecule has 1 aliphatic carbocycles. The Morgan fingerprint density at radius 1 is 1.20 bits per heavy atom. The Morgan fingerprint density at radius 2 is 2.00 bits per heavy atom. The predicted molar refractivity (Wildman–Crippen MR) is 105 cm³/mol. The quantitative estimate of drug-likeness (QED) is 0.781. The SMILES string of the molecule is O=C(NC(CC1CC1)C(=O)N1CCC2OCC(=O)C21)c1ccc(-c2cnco2)cc1. The summed E-state index contributed by atoms with van der Waals surface area (Å²) in [6.45, 7) is 0.555. The highest BCUT2D eigenvalue weighted by molar-refractivity contribution is 5.99. The second kappa shape index (κ2) is 7.68. The third kappa shape index (κ3) is 3.63. The highest BCUT2D eigenvalue weighted by atomic mass is 16.5. The van der Waals surface area contributed by atoms with Crippen LogP contribution in [-0.2, 0) is 14.3 Å². The fourth-order valence-electron chi connectivity index (χ4n) is 4.34. The number of fused-ring (bicyclic) bond motifs is 1. The molecule has 2 aliphatic heterocycles. The van der Waals surface area contributed by atoms with E-state index in [1.165, 1.54) is 6.39 Å². The lowest BCUT2D eigenvalue weighted by molar-refractivity contribution is -0.138. The maximum Gasteiger partial charge on any atom is 0.251 e. The molecule has 0 spiro atoms. The van der Waals surface area contributed by atoms with Crippen molar-refractivity contribution < 1.29 is 23.5 Å². The molecule has 3 fully saturated rings. The first-order valence-electron chi connectivity index (χ1n) is 10.3. The van der Waals surface area contributed by atoms with E-state index in [9.17, 15) is 14.4 Å². The van der Waals surface area contributed by atoms with Gasteiger partial charge in [0, 0.05) is 17.7 Å². The minimum atomic E-state index is -0.633. The second-order valence-corrected chi connectivity index (χ2v) is 8.23. The number of Topliss-reactive ketones (excluding diaryl/α,β-unsaturated/α-hetero) is 1. The van der Waals surface area contributed by atoms with Crippen molar-refractivity contribution in [2.45, 2.75) is 43.9 Å². The van der Waals surface area contributed by atoms with Crippen LogP contribution in [0.1, 0.15) is 36.0 Å². The molecular weight excluding hydrogens is 386 g/mol. The largest absolute Gasteiger partial charge is 0.444 e. The van der Waals surface area contributed by atoms with Gasteiger partial charge in [-0.05, 0) is 30.9 Å². The molecule has 156 valence electrons. The van der Waals surface area contributed by atoms with Crippen LogP contribution < -0.4 is 5.32 Å². The van der Waals surface area contributed by atoms with E-state index in [0.717, 1.165) is 18.4 Å². The summed E-state index contributed by atoms with van der Waals surface area (Å²) in [5, 5.41) is 2.91. The lowest BCUT2D eigenvalue weighted by atomic mass is 10.1. The molecule has 1 aromatic heterocycles. The zero-order chi connectivity index (χ0) is 20.7. The van der Waals surface area contributed by atoms with Gasteiger partial charge < -0.3 is 19.4 Å². The van der Waals surface area contributed by atoms with Crippen LogP contribution in [0.2, 0.25) is 0 Å². The van der Waals surface area contributed by atoms with Crippen LogP contribution in [-0.4, -0.2) is 58.8 Å². The Kier molecular flexibility index (Phi) is 4.86. The number of benzene rings is 1. The predicted octanol–water partition coefficient (Wildman–Crippen LogP) is 1.81. The van der Waals surface area contributed by atoms with Crippen molar-refractivity contribution in [1.82, 2.24) is 15.2 Å². The first kappa shape index (κ1) is 19.0. The van der Waals surface area contributed by atoms with Gasteiger partial charge in [-0.25, -0.2) is 4.98 Å². The van der Waals surface area contributed by atoms with Crippen molar-refractivity contribution in [1.29, 1.82) is 0 Å². The molecule has 3 atom stereocenters. The van der Waals surface area contributed by atoms with Crippen LogP contribution in [0.5, 0.6) is 0 Å². The number of aromatic nitrogens is 1. The number of nitrogens with zero attached hydrogens (tertiary/aromatic N) is 2. The minimum absolute atomic E-state index is 0.0506. The summed E-state index contributed by atoms with van der Waals surface area (Å²) in [4.78, 5) is 43.8. The topological polar surface area (TPSA) is 102 Å². The maximum atomic E-state index is 13.3. The lowest BCUT2D eigenvalue weighted by Crippen LogP contribution is -2.52. The molecule has 8 nitrogen and oxygen atoms in total. The zero-order valence-electron chi connectivity index (χ0n) is 16.5. The summed E-state index contributed by atoms with van der Waals surface area (Å²) >= 11 is 0. The van der Waals surface area contributed by atoms with E-state index >= 15 is 0 Å². The van der Waals surface area contributed by atoms with E-state index < -0.39 is 12.1 Å². The van der Waals surface area contributed by atoms with E-state index in [1.807, 2.05) is 0 Å². The summed E-state index contributed by atoms with van der Waals surface area (Å²) in [5.74, 6) is 0.533. The van der Waals surface area contributed by atoms with Crippen molar-refractivity contribution in [2.24, 2.45) is 5.92 Å². The molecule has 2 aromatic rings. The molecule has 5 rings (SSSR count). The molecule has 3 unspecified atom stereocenters. The van der Waals surface area contributed by atoms with Crippen LogP contribution in [0.3, 0.4) is 0 Å². The number of rotatable bonds is 6. The Labute approximate surface area is 173 Å². The number of amides is 2. The number of hydrogen-bond donors (Lipinski definition) is 1. The number of hydrogen-bond acceptors (Lipinski definition) is 6. The van der Waals surface area contributed by atoms with Gasteiger partial charge >= 0.3 is 0 Å². The van der Waals surface area contributed by atoms with Gasteiger partial charge in [0.2, 0.25) is 5.91 Å². The van der Waals surface area contributed by atoms with Gasteiger partial charge in [-0.2, -0.15) is 0 Å². The number of likely N-dealkylation sites (tertiary alicyclic amines) is 1. The van der Waals surface area contributed by atoms with Gasteiger partial charge in [-0.3, -0.25) is 14.4 Å². The Balaban J connectivity index is 1.30. The smallest absolute Gasteiger partial charge is 0.251 e. The molecule has 2 saturated heterocycles. The van der Waals surface area contributed by atoms with Crippen molar-refractivity contribution in [3.63, 3.8) is 0 Å². The fraction of sp³-hybridized carbons (Fsp3) is 0.455. The maximum absolute atomic E-state index is 13.3. The summed E-state index contributed by atoms with van der Waals surface area (Å²) in [7, 11) is 0. The van der Waals surface area contributed by atoms with Crippen molar-refractivity contribution in [3.05, 3.63) is 42.4 Å². The molecule has 8 heteroatoms. The lowest BCUT2D eigenvalue weighted by Gasteiger charge is -2.27. The summed E-state index contributed by atoms with van der Waals surface area (Å²) < 4.78 is 10.8. The molecular formula is C22H23N3O5. The van der Waals surface area contributed by atoms with E-state index in [0.29, 0.717) is 36.6 Å². The van der Waals surface area contributed by atoms with Crippen LogP contribution in [0, 0.1) is 5.92 Å². The highest BCUT2D eigenvalue weighted by Crippen LogP contribution is 2.35. The molecule has 0 radical (unpaired) electrons. The number of nitrogens with one attached hydrogen (secondary N) is 1. The molecule has 3 aliphatic rings. The van der Waals surface area contributed by atoms with Gasteiger partial charge in [0.15, 0.2) is 17.9 Å². The van der Waals surface area contributed by atoms with Crippen LogP contribution in [0.25, 0.3) is 11.3 Å². The molecule has 2 amide bonds. The highest BCUT2D eigenvalue weighted by Gasteiger charge is 2.48. The van der Waals surface area contributed by atoms with Crippen LogP contribution >= 0.6 is 0 Å². The Morgan fingerprint density at radius 3 is 2.70 bits per heavy atom. The number of carbonyl (C=O) groups is 3. The van der Waals surface area contributed by atoms with E-state index in [1.54, 1.807) is 35.4 Å². The average molecular weight is 409 g/mol. The fourth-order valence-corrected chi connectivity index (χ4v) is 4.34. The standard InChI is InChI=1S/C22H23N3O5/c26-17-11-29-18-7-8-25(20(17)18)22(28)16(9-13-1-2-13)24-21(27)15-5-3-14(4-6-15)19-10-23-12-30-19/h3-6,10,12-13,16,18,20H,1-2,7-9,11H2,(H,24,27). The summed E-state index contributed by atoms with van der Waals surface area (Å²) in [5.41, 5.74) is 1.28. The number of ether oxygens (including phenoxy) is 1. The molecule has 1 N–H and O–H groups in total. The van der Waals surface area contributed by atoms with E-state index in [2.05, 4.69) is 10.3 Å². The van der Waals surface area contributed by atoms with Gasteiger partial charge in [-0.1, -0.05) is 25.0 Å². The number of ketones is 1. The normalized spacial score (nSPS) is 24.0. The van der Waals surface area contributed by atoms with Crippen LogP contribution in [0.4, 0.5) is 0 Å². The van der Waals surface area contributed by atoms with Gasteiger partial charge in [0.1, 0.15) is 18.7 Å². The Bertz CT molecular complexity index is 952. The van der Waals surface area contributed by atoms with Crippen molar-refractivity contribution >= 4 is 17.6 Å². The van der Waals surface area contributed by atoms with Crippen molar-refractivity contribution in [3.8, 4) is 11.3 Å². The number of oxazole rings is 1. The van der Waals surface area contributed by atoms with Gasteiger partial charge in [0.25, 0.3) is 5.91 Å². The molecule has 30 heavy (non-hydrogen) atoms. The first-order valence-corrected chi connectivity index (χ1v) is 10.3. The van der Waals surface area contributed by atoms with Gasteiger partial charge in [-0.15, -0.1) is 0 Å². The first-order chi connectivity index (χ1) is 14.6. The van der Waals surface area contributed by atoms with Crippen LogP contribution in [0.15, 0.2) is 41.3 Å². The summed E-state index contributed by atoms with van der Waals surface area (Å²) in [6, 6.07) is 5.83. The monoisotopic (exact) mass is 409 g/mol. The van der Waals surface area contributed by atoms with E-state index in [-0.39, 0.29) is 30.3 Å². The second-order valence-electron chi connectivity index (χ2n) is 8.23. The molecule has 1 saturated carbocycles. The zero-order valence-corrected chi connectivity index (χ0v) is 16.5. The Hall–Kier alpha value is -3.00. The molecule has 1 aromatic carbocycles. The van der Waals surface area contributed by atoms with Gasteiger partial charge in [0.05, 0.1) is 12.3 Å². The third-order valence-electron chi connectivity index (χ3n) is 6.13. The van der Waals surface area contributed by atoms with E-state index in [4.69, 9.17) is 9.15 Å². The average Bonchev–Trinajstić information content (AvgIpc) is 3.13. The minimum Gasteiger partial charge on any atom is -0.444 e. The number of carbonyl (C=O) groups excluding carboxylic acids is 3.